The molecule has 0 aliphatic carbocycles. The van der Waals surface area contributed by atoms with E-state index in [1.165, 1.54) is 7.11 Å². The lowest BCUT2D eigenvalue weighted by atomic mass is 10.5. The first-order valence-corrected chi connectivity index (χ1v) is 2.69. The molecule has 0 spiro atoms. The highest BCUT2D eigenvalue weighted by Gasteiger charge is 2.05. The highest BCUT2D eigenvalue weighted by Crippen LogP contribution is 1.79. The van der Waals surface area contributed by atoms with Crippen molar-refractivity contribution in [2.45, 2.75) is 0 Å². The van der Waals surface area contributed by atoms with Crippen molar-refractivity contribution in [3.63, 3.8) is 0 Å². The number of amides is 1. The molecule has 0 heterocycles. The molecule has 0 bridgehead atoms. The van der Waals surface area contributed by atoms with Crippen molar-refractivity contribution in [1.29, 1.82) is 0 Å². The van der Waals surface area contributed by atoms with Crippen molar-refractivity contribution in [3.8, 4) is 12.3 Å². The molecule has 0 fully saturated rings. The quantitative estimate of drug-likeness (QED) is 0.237. The predicted octanol–water partition coefficient (Wildman–Crippen LogP) is -1.03. The van der Waals surface area contributed by atoms with Gasteiger partial charge in [-0.15, -0.1) is 6.42 Å². The molecule has 10 heavy (non-hydrogen) atoms. The number of rotatable bonds is 3. The monoisotopic (exact) mass is 142 g/mol. The largest absolute Gasteiger partial charge is 0.375 e. The van der Waals surface area contributed by atoms with Crippen LogP contribution < -0.4 is 5.84 Å². The van der Waals surface area contributed by atoms with E-state index in [9.17, 15) is 4.79 Å². The standard InChI is InChI=1S/C6H10N2O2/c1-3-4-8(7)6(9)5-10-2/h1H,4-5,7H2,2H3. The van der Waals surface area contributed by atoms with E-state index in [1.807, 2.05) is 0 Å². The first-order chi connectivity index (χ1) is 4.72. The molecule has 0 aromatic carbocycles. The number of carbonyl (C=O) groups is 1. The van der Waals surface area contributed by atoms with E-state index in [4.69, 9.17) is 12.3 Å². The van der Waals surface area contributed by atoms with E-state index in [1.54, 1.807) is 0 Å². The number of carbonyl (C=O) groups excluding carboxylic acids is 1. The lowest BCUT2D eigenvalue weighted by Gasteiger charge is -2.11. The van der Waals surface area contributed by atoms with Gasteiger partial charge in [-0.05, 0) is 0 Å². The van der Waals surface area contributed by atoms with Crippen LogP contribution in [0.2, 0.25) is 0 Å². The van der Waals surface area contributed by atoms with Crippen molar-refractivity contribution in [2.24, 2.45) is 5.84 Å². The Hall–Kier alpha value is -1.05. The number of hydrogen-bond donors (Lipinski definition) is 1. The van der Waals surface area contributed by atoms with Gasteiger partial charge in [0.25, 0.3) is 5.91 Å². The predicted molar refractivity (Wildman–Crippen MR) is 36.6 cm³/mol. The molecule has 4 heteroatoms. The second-order valence-electron chi connectivity index (χ2n) is 1.66. The lowest BCUT2D eigenvalue weighted by Crippen LogP contribution is -2.39. The maximum absolute atomic E-state index is 10.7. The van der Waals surface area contributed by atoms with Crippen LogP contribution in [0.3, 0.4) is 0 Å². The van der Waals surface area contributed by atoms with Crippen molar-refractivity contribution in [3.05, 3.63) is 0 Å². The Labute approximate surface area is 59.9 Å². The van der Waals surface area contributed by atoms with Gasteiger partial charge in [0.15, 0.2) is 0 Å². The fourth-order valence-electron chi connectivity index (χ4n) is 0.393. The average Bonchev–Trinajstić information content (AvgIpc) is 1.89. The van der Waals surface area contributed by atoms with Crippen LogP contribution in [-0.2, 0) is 9.53 Å². The van der Waals surface area contributed by atoms with E-state index in [0.717, 1.165) is 5.01 Å². The Balaban J connectivity index is 3.62. The molecule has 0 atom stereocenters. The van der Waals surface area contributed by atoms with Gasteiger partial charge in [0.1, 0.15) is 6.61 Å². The number of terminal acetylenes is 1. The molecule has 4 nitrogen and oxygen atoms in total. The fraction of sp³-hybridized carbons (Fsp3) is 0.500. The fourth-order valence-corrected chi connectivity index (χ4v) is 0.393. The molecule has 0 unspecified atom stereocenters. The Morgan fingerprint density at radius 1 is 1.90 bits per heavy atom. The highest BCUT2D eigenvalue weighted by molar-refractivity contribution is 5.76. The van der Waals surface area contributed by atoms with Crippen molar-refractivity contribution in [1.82, 2.24) is 5.01 Å². The van der Waals surface area contributed by atoms with Crippen molar-refractivity contribution in [2.75, 3.05) is 20.3 Å². The van der Waals surface area contributed by atoms with Gasteiger partial charge in [-0.25, -0.2) is 5.84 Å². The molecule has 2 N–H and O–H groups in total. The van der Waals surface area contributed by atoms with E-state index in [-0.39, 0.29) is 19.1 Å². The Morgan fingerprint density at radius 3 is 2.90 bits per heavy atom. The van der Waals surface area contributed by atoms with E-state index in [2.05, 4.69) is 10.7 Å². The molecule has 0 aromatic rings. The molecule has 0 saturated heterocycles. The van der Waals surface area contributed by atoms with Gasteiger partial charge < -0.3 is 4.74 Å². The SMILES string of the molecule is C#CCN(N)C(=O)COC. The second-order valence-corrected chi connectivity index (χ2v) is 1.66. The van der Waals surface area contributed by atoms with E-state index < -0.39 is 0 Å². The Morgan fingerprint density at radius 2 is 2.50 bits per heavy atom. The molecule has 0 aromatic heterocycles. The summed E-state index contributed by atoms with van der Waals surface area (Å²) in [5.41, 5.74) is 0. The molecule has 0 radical (unpaired) electrons. The maximum atomic E-state index is 10.7. The van der Waals surface area contributed by atoms with Crippen LogP contribution >= 0.6 is 0 Å². The van der Waals surface area contributed by atoms with Crippen molar-refractivity contribution < 1.29 is 9.53 Å². The number of nitrogens with two attached hydrogens (primary N) is 1. The first kappa shape index (κ1) is 8.95. The Bertz CT molecular complexity index is 150. The van der Waals surface area contributed by atoms with Crippen LogP contribution in [0.4, 0.5) is 0 Å². The third kappa shape index (κ3) is 3.07. The summed E-state index contributed by atoms with van der Waals surface area (Å²) < 4.78 is 4.53. The van der Waals surface area contributed by atoms with E-state index >= 15 is 0 Å². The molecule has 56 valence electrons. The van der Waals surface area contributed by atoms with E-state index in [0.29, 0.717) is 0 Å². The zero-order valence-corrected chi connectivity index (χ0v) is 5.83. The zero-order chi connectivity index (χ0) is 7.98. The number of nitrogens with zero attached hydrogens (tertiary/aromatic N) is 1. The number of hydrazine groups is 1. The minimum Gasteiger partial charge on any atom is -0.375 e. The zero-order valence-electron chi connectivity index (χ0n) is 5.83. The minimum atomic E-state index is -0.319. The van der Waals surface area contributed by atoms with Crippen LogP contribution in [-0.4, -0.2) is 31.2 Å². The van der Waals surface area contributed by atoms with Crippen molar-refractivity contribution >= 4 is 5.91 Å². The minimum absolute atomic E-state index is 0.0296. The summed E-state index contributed by atoms with van der Waals surface area (Å²) in [6.07, 6.45) is 4.90. The highest BCUT2D eigenvalue weighted by atomic mass is 16.5. The summed E-state index contributed by atoms with van der Waals surface area (Å²) in [5.74, 6) is 7.09. The van der Waals surface area contributed by atoms with Crippen LogP contribution in [0, 0.1) is 12.3 Å². The maximum Gasteiger partial charge on any atom is 0.263 e. The molecule has 0 rings (SSSR count). The lowest BCUT2D eigenvalue weighted by molar-refractivity contribution is -0.134. The summed E-state index contributed by atoms with van der Waals surface area (Å²) in [7, 11) is 1.42. The third-order valence-electron chi connectivity index (χ3n) is 0.850. The first-order valence-electron chi connectivity index (χ1n) is 2.69. The van der Waals surface area contributed by atoms with Gasteiger partial charge in [-0.2, -0.15) is 0 Å². The Kier molecular flexibility index (Phi) is 4.29. The van der Waals surface area contributed by atoms with Crippen LogP contribution in [0.1, 0.15) is 0 Å². The normalized spacial score (nSPS) is 8.50. The molecular formula is C6H10N2O2. The van der Waals surface area contributed by atoms with Gasteiger partial charge in [-0.3, -0.25) is 9.80 Å². The van der Waals surface area contributed by atoms with Gasteiger partial charge >= 0.3 is 0 Å². The van der Waals surface area contributed by atoms with Gasteiger partial charge in [0, 0.05) is 7.11 Å². The summed E-state index contributed by atoms with van der Waals surface area (Å²) in [4.78, 5) is 10.7. The average molecular weight is 142 g/mol. The van der Waals surface area contributed by atoms with Crippen LogP contribution in [0.5, 0.6) is 0 Å². The smallest absolute Gasteiger partial charge is 0.263 e. The summed E-state index contributed by atoms with van der Waals surface area (Å²) in [6, 6.07) is 0. The molecule has 0 aliphatic rings. The second kappa shape index (κ2) is 4.79. The summed E-state index contributed by atoms with van der Waals surface area (Å²) in [5, 5.41) is 0.934. The summed E-state index contributed by atoms with van der Waals surface area (Å²) in [6.45, 7) is 0.0837. The third-order valence-corrected chi connectivity index (χ3v) is 0.850. The molecule has 0 aliphatic heterocycles. The van der Waals surface area contributed by atoms with Gasteiger partial charge in [-0.1, -0.05) is 5.92 Å². The van der Waals surface area contributed by atoms with Crippen LogP contribution in [0.15, 0.2) is 0 Å². The van der Waals surface area contributed by atoms with Crippen LogP contribution in [0.25, 0.3) is 0 Å². The number of methoxy groups -OCH3 is 1. The van der Waals surface area contributed by atoms with Gasteiger partial charge in [0.2, 0.25) is 0 Å². The molecule has 1 amide bonds. The topological polar surface area (TPSA) is 55.6 Å². The molecular weight excluding hydrogens is 132 g/mol. The molecule has 0 saturated carbocycles. The summed E-state index contributed by atoms with van der Waals surface area (Å²) >= 11 is 0. The number of hydrogen-bond acceptors (Lipinski definition) is 3. The number of ether oxygens (including phenoxy) is 1. The van der Waals surface area contributed by atoms with Gasteiger partial charge in [0.05, 0.1) is 6.54 Å².